The number of carbonyl (C=O) groups is 1. The van der Waals surface area contributed by atoms with Gasteiger partial charge in [-0.05, 0) is 19.4 Å². The fourth-order valence-electron chi connectivity index (χ4n) is 1.45. The van der Waals surface area contributed by atoms with Crippen molar-refractivity contribution in [1.29, 1.82) is 0 Å². The molecule has 12 heavy (non-hydrogen) atoms. The van der Waals surface area contributed by atoms with Gasteiger partial charge in [-0.25, -0.2) is 4.79 Å². The molecule has 1 aliphatic rings. The standard InChI is InChI=1S/C8H16N2O2/c1-2-4-9-7-3-5-10(6-7)8(11)12/h7,9H,2-6H2,1H3,(H,11,12). The molecular weight excluding hydrogens is 156 g/mol. The molecule has 70 valence electrons. The SMILES string of the molecule is CCCNC1CCN(C(=O)O)C1. The minimum Gasteiger partial charge on any atom is -0.465 e. The maximum Gasteiger partial charge on any atom is 0.407 e. The number of amides is 1. The summed E-state index contributed by atoms with van der Waals surface area (Å²) >= 11 is 0. The Kier molecular flexibility index (Phi) is 3.34. The molecule has 1 atom stereocenters. The van der Waals surface area contributed by atoms with Gasteiger partial charge in [0.25, 0.3) is 0 Å². The highest BCUT2D eigenvalue weighted by Crippen LogP contribution is 2.08. The molecule has 0 aromatic heterocycles. The number of hydrogen-bond donors (Lipinski definition) is 2. The zero-order valence-electron chi connectivity index (χ0n) is 7.42. The summed E-state index contributed by atoms with van der Waals surface area (Å²) in [5.41, 5.74) is 0. The number of carboxylic acid groups (broad SMARTS) is 1. The number of rotatable bonds is 3. The number of nitrogens with one attached hydrogen (secondary N) is 1. The van der Waals surface area contributed by atoms with Gasteiger partial charge in [-0.1, -0.05) is 6.92 Å². The van der Waals surface area contributed by atoms with Crippen molar-refractivity contribution in [3.8, 4) is 0 Å². The third kappa shape index (κ3) is 2.37. The third-order valence-electron chi connectivity index (χ3n) is 2.14. The summed E-state index contributed by atoms with van der Waals surface area (Å²) in [6.07, 6.45) is 1.26. The molecule has 0 spiro atoms. The quantitative estimate of drug-likeness (QED) is 0.660. The topological polar surface area (TPSA) is 52.6 Å². The normalized spacial score (nSPS) is 23.1. The van der Waals surface area contributed by atoms with Crippen LogP contribution < -0.4 is 5.32 Å². The van der Waals surface area contributed by atoms with Crippen LogP contribution in [-0.4, -0.2) is 41.8 Å². The molecule has 1 saturated heterocycles. The first kappa shape index (κ1) is 9.32. The lowest BCUT2D eigenvalue weighted by Gasteiger charge is -2.12. The van der Waals surface area contributed by atoms with Crippen molar-refractivity contribution in [2.24, 2.45) is 0 Å². The van der Waals surface area contributed by atoms with Gasteiger partial charge in [-0.3, -0.25) is 0 Å². The highest BCUT2D eigenvalue weighted by molar-refractivity contribution is 5.65. The summed E-state index contributed by atoms with van der Waals surface area (Å²) < 4.78 is 0. The molecule has 4 heteroatoms. The fraction of sp³-hybridized carbons (Fsp3) is 0.875. The van der Waals surface area contributed by atoms with E-state index in [1.807, 2.05) is 0 Å². The fourth-order valence-corrected chi connectivity index (χ4v) is 1.45. The molecule has 0 aromatic carbocycles. The van der Waals surface area contributed by atoms with Crippen LogP contribution in [0.2, 0.25) is 0 Å². The molecule has 0 aromatic rings. The molecule has 4 nitrogen and oxygen atoms in total. The summed E-state index contributed by atoms with van der Waals surface area (Å²) in [7, 11) is 0. The molecule has 0 radical (unpaired) electrons. The maximum atomic E-state index is 10.5. The van der Waals surface area contributed by atoms with E-state index in [9.17, 15) is 4.79 Å². The van der Waals surface area contributed by atoms with Crippen LogP contribution in [-0.2, 0) is 0 Å². The Morgan fingerprint density at radius 1 is 1.75 bits per heavy atom. The van der Waals surface area contributed by atoms with E-state index in [-0.39, 0.29) is 0 Å². The van der Waals surface area contributed by atoms with Crippen LogP contribution in [0.1, 0.15) is 19.8 Å². The summed E-state index contributed by atoms with van der Waals surface area (Å²) in [5.74, 6) is 0. The lowest BCUT2D eigenvalue weighted by molar-refractivity contribution is 0.154. The van der Waals surface area contributed by atoms with Gasteiger partial charge in [0, 0.05) is 19.1 Å². The van der Waals surface area contributed by atoms with Gasteiger partial charge in [0.05, 0.1) is 0 Å². The summed E-state index contributed by atoms with van der Waals surface area (Å²) in [4.78, 5) is 12.0. The largest absolute Gasteiger partial charge is 0.465 e. The van der Waals surface area contributed by atoms with Gasteiger partial charge in [0.15, 0.2) is 0 Å². The van der Waals surface area contributed by atoms with E-state index in [2.05, 4.69) is 12.2 Å². The first-order chi connectivity index (χ1) is 5.74. The van der Waals surface area contributed by atoms with Crippen molar-refractivity contribution in [1.82, 2.24) is 10.2 Å². The van der Waals surface area contributed by atoms with E-state index in [0.29, 0.717) is 19.1 Å². The van der Waals surface area contributed by atoms with E-state index in [4.69, 9.17) is 5.11 Å². The summed E-state index contributed by atoms with van der Waals surface area (Å²) in [6, 6.07) is 0.376. The summed E-state index contributed by atoms with van der Waals surface area (Å²) in [6.45, 7) is 4.42. The van der Waals surface area contributed by atoms with Crippen LogP contribution in [0.5, 0.6) is 0 Å². The van der Waals surface area contributed by atoms with Gasteiger partial charge in [-0.2, -0.15) is 0 Å². The molecule has 1 aliphatic heterocycles. The number of hydrogen-bond acceptors (Lipinski definition) is 2. The Labute approximate surface area is 72.6 Å². The van der Waals surface area contributed by atoms with Crippen LogP contribution in [0.3, 0.4) is 0 Å². The van der Waals surface area contributed by atoms with E-state index < -0.39 is 6.09 Å². The first-order valence-electron chi connectivity index (χ1n) is 4.45. The average molecular weight is 172 g/mol. The smallest absolute Gasteiger partial charge is 0.407 e. The van der Waals surface area contributed by atoms with Crippen molar-refractivity contribution in [2.45, 2.75) is 25.8 Å². The predicted molar refractivity (Wildman–Crippen MR) is 46.3 cm³/mol. The van der Waals surface area contributed by atoms with E-state index in [0.717, 1.165) is 19.4 Å². The Bertz CT molecular complexity index is 161. The zero-order valence-corrected chi connectivity index (χ0v) is 7.42. The van der Waals surface area contributed by atoms with Crippen LogP contribution in [0.25, 0.3) is 0 Å². The summed E-state index contributed by atoms with van der Waals surface area (Å²) in [5, 5.41) is 12.0. The van der Waals surface area contributed by atoms with Gasteiger partial charge < -0.3 is 15.3 Å². The first-order valence-corrected chi connectivity index (χ1v) is 4.45. The second-order valence-electron chi connectivity index (χ2n) is 3.17. The van der Waals surface area contributed by atoms with Crippen LogP contribution >= 0.6 is 0 Å². The Hall–Kier alpha value is -0.770. The zero-order chi connectivity index (χ0) is 8.97. The molecule has 1 fully saturated rings. The van der Waals surface area contributed by atoms with Gasteiger partial charge in [-0.15, -0.1) is 0 Å². The van der Waals surface area contributed by atoms with Crippen LogP contribution in [0.15, 0.2) is 0 Å². The van der Waals surface area contributed by atoms with Crippen LogP contribution in [0, 0.1) is 0 Å². The predicted octanol–water partition coefficient (Wildman–Crippen LogP) is 0.738. The number of likely N-dealkylation sites (tertiary alicyclic amines) is 1. The van der Waals surface area contributed by atoms with Crippen molar-refractivity contribution >= 4 is 6.09 Å². The second-order valence-corrected chi connectivity index (χ2v) is 3.17. The minimum absolute atomic E-state index is 0.376. The highest BCUT2D eigenvalue weighted by atomic mass is 16.4. The van der Waals surface area contributed by atoms with E-state index in [1.54, 1.807) is 0 Å². The second kappa shape index (κ2) is 4.30. The van der Waals surface area contributed by atoms with Gasteiger partial charge in [0.2, 0.25) is 0 Å². The maximum absolute atomic E-state index is 10.5. The van der Waals surface area contributed by atoms with Crippen molar-refractivity contribution in [3.63, 3.8) is 0 Å². The molecule has 0 aliphatic carbocycles. The molecule has 0 saturated carbocycles. The molecule has 1 unspecified atom stereocenters. The monoisotopic (exact) mass is 172 g/mol. The minimum atomic E-state index is -0.796. The van der Waals surface area contributed by atoms with Crippen molar-refractivity contribution in [3.05, 3.63) is 0 Å². The Morgan fingerprint density at radius 2 is 2.50 bits per heavy atom. The lowest BCUT2D eigenvalue weighted by atomic mass is 10.2. The lowest BCUT2D eigenvalue weighted by Crippen LogP contribution is -2.34. The van der Waals surface area contributed by atoms with Crippen molar-refractivity contribution in [2.75, 3.05) is 19.6 Å². The Morgan fingerprint density at radius 3 is 3.00 bits per heavy atom. The van der Waals surface area contributed by atoms with Crippen LogP contribution in [0.4, 0.5) is 4.79 Å². The Balaban J connectivity index is 2.21. The molecule has 1 rings (SSSR count). The molecule has 2 N–H and O–H groups in total. The van der Waals surface area contributed by atoms with Gasteiger partial charge >= 0.3 is 6.09 Å². The molecule has 0 bridgehead atoms. The van der Waals surface area contributed by atoms with E-state index >= 15 is 0 Å². The highest BCUT2D eigenvalue weighted by Gasteiger charge is 2.24. The molecule has 1 amide bonds. The number of nitrogens with zero attached hydrogens (tertiary/aromatic N) is 1. The third-order valence-corrected chi connectivity index (χ3v) is 2.14. The molecular formula is C8H16N2O2. The average Bonchev–Trinajstić information content (AvgIpc) is 2.48. The van der Waals surface area contributed by atoms with Crippen molar-refractivity contribution < 1.29 is 9.90 Å². The van der Waals surface area contributed by atoms with Gasteiger partial charge in [0.1, 0.15) is 0 Å². The van der Waals surface area contributed by atoms with E-state index in [1.165, 1.54) is 4.90 Å². The molecule has 1 heterocycles.